The molecule has 2 aromatic rings. The van der Waals surface area contributed by atoms with Crippen LogP contribution in [-0.4, -0.2) is 37.4 Å². The van der Waals surface area contributed by atoms with Gasteiger partial charge in [-0.05, 0) is 35.4 Å². The van der Waals surface area contributed by atoms with Crippen molar-refractivity contribution >= 4 is 24.8 Å². The summed E-state index contributed by atoms with van der Waals surface area (Å²) in [6.07, 6.45) is -9.71. The summed E-state index contributed by atoms with van der Waals surface area (Å²) < 4.78 is 94.2. The van der Waals surface area contributed by atoms with Gasteiger partial charge in [0, 0.05) is 26.2 Å². The smallest absolute Gasteiger partial charge is 0.406 e. The summed E-state index contributed by atoms with van der Waals surface area (Å²) in [6.45, 7) is 2.20. The molecule has 0 unspecified atom stereocenters. The van der Waals surface area contributed by atoms with Crippen molar-refractivity contribution in [1.29, 1.82) is 0 Å². The Morgan fingerprint density at radius 1 is 0.839 bits per heavy atom. The number of benzene rings is 2. The monoisotopic (exact) mass is 494 g/mol. The molecule has 1 aliphatic heterocycles. The normalized spacial score (nSPS) is 16.1. The zero-order valence-corrected chi connectivity index (χ0v) is 17.4. The highest BCUT2D eigenvalue weighted by Crippen LogP contribution is 2.37. The van der Waals surface area contributed by atoms with Gasteiger partial charge in [-0.15, -0.1) is 38.0 Å². The Bertz CT molecular complexity index is 839. The van der Waals surface area contributed by atoms with Crippen LogP contribution in [0.3, 0.4) is 0 Å². The molecule has 31 heavy (non-hydrogen) atoms. The molecular formula is C19H19Cl2F7N2O. The van der Waals surface area contributed by atoms with E-state index in [2.05, 4.69) is 10.1 Å². The maximum absolute atomic E-state index is 13.7. The first-order valence-corrected chi connectivity index (χ1v) is 8.72. The molecule has 1 fully saturated rings. The van der Waals surface area contributed by atoms with Crippen molar-refractivity contribution in [3.8, 4) is 5.75 Å². The molecule has 0 bridgehead atoms. The molecular weight excluding hydrogens is 476 g/mol. The molecule has 3 rings (SSSR count). The average Bonchev–Trinajstić information content (AvgIpc) is 2.63. The molecule has 0 amide bonds. The number of hydrogen-bond donors (Lipinski definition) is 1. The van der Waals surface area contributed by atoms with Crippen LogP contribution in [0.25, 0.3) is 0 Å². The van der Waals surface area contributed by atoms with Crippen LogP contribution >= 0.6 is 24.8 Å². The standard InChI is InChI=1S/C19H17F7N2O.2ClH/c20-16-6-3-13(11-15(16)18(21,22)23)17(28-9-7-27-8-10-28)12-1-4-14(5-2-12)29-19(24,25)26;;/h1-6,11,17,27H,7-10H2;2*1H/t17-;;/m1../s1. The van der Waals surface area contributed by atoms with Crippen LogP contribution in [0.1, 0.15) is 22.7 Å². The highest BCUT2D eigenvalue weighted by molar-refractivity contribution is 5.85. The Kier molecular flexibility index (Phi) is 9.43. The molecule has 1 aliphatic rings. The van der Waals surface area contributed by atoms with Gasteiger partial charge in [0.1, 0.15) is 11.6 Å². The van der Waals surface area contributed by atoms with Crippen LogP contribution in [0.15, 0.2) is 42.5 Å². The summed E-state index contributed by atoms with van der Waals surface area (Å²) in [6, 6.07) is 7.03. The third kappa shape index (κ3) is 7.13. The minimum absolute atomic E-state index is 0. The van der Waals surface area contributed by atoms with Crippen molar-refractivity contribution in [1.82, 2.24) is 10.2 Å². The Morgan fingerprint density at radius 2 is 1.39 bits per heavy atom. The predicted molar refractivity (Wildman–Crippen MR) is 105 cm³/mol. The molecule has 0 spiro atoms. The van der Waals surface area contributed by atoms with Gasteiger partial charge in [-0.1, -0.05) is 18.2 Å². The fraction of sp³-hybridized carbons (Fsp3) is 0.368. The Labute approximate surface area is 186 Å². The lowest BCUT2D eigenvalue weighted by atomic mass is 9.94. The van der Waals surface area contributed by atoms with Gasteiger partial charge < -0.3 is 10.1 Å². The largest absolute Gasteiger partial charge is 0.573 e. The fourth-order valence-corrected chi connectivity index (χ4v) is 3.34. The Morgan fingerprint density at radius 3 is 1.90 bits per heavy atom. The van der Waals surface area contributed by atoms with Crippen LogP contribution in [0.5, 0.6) is 5.75 Å². The van der Waals surface area contributed by atoms with E-state index in [0.29, 0.717) is 31.7 Å². The number of nitrogens with zero attached hydrogens (tertiary/aromatic N) is 1. The fourth-order valence-electron chi connectivity index (χ4n) is 3.34. The molecule has 3 nitrogen and oxygen atoms in total. The number of alkyl halides is 6. The SMILES string of the molecule is Cl.Cl.Fc1ccc([C@@H](c2ccc(OC(F)(F)F)cc2)N2CCNCC2)cc1C(F)(F)F. The van der Waals surface area contributed by atoms with E-state index in [9.17, 15) is 30.7 Å². The zero-order chi connectivity index (χ0) is 21.2. The van der Waals surface area contributed by atoms with E-state index in [4.69, 9.17) is 0 Å². The number of halogens is 9. The zero-order valence-electron chi connectivity index (χ0n) is 15.8. The number of rotatable bonds is 4. The molecule has 0 radical (unpaired) electrons. The van der Waals surface area contributed by atoms with E-state index in [1.165, 1.54) is 18.2 Å². The van der Waals surface area contributed by atoms with E-state index in [0.717, 1.165) is 24.3 Å². The highest BCUT2D eigenvalue weighted by atomic mass is 35.5. The molecule has 1 atom stereocenters. The number of piperazine rings is 1. The minimum Gasteiger partial charge on any atom is -0.406 e. The van der Waals surface area contributed by atoms with Gasteiger partial charge in [0.05, 0.1) is 11.6 Å². The highest BCUT2D eigenvalue weighted by Gasteiger charge is 2.36. The quantitative estimate of drug-likeness (QED) is 0.561. The molecule has 1 N–H and O–H groups in total. The Hall–Kier alpha value is -1.75. The van der Waals surface area contributed by atoms with Crippen molar-refractivity contribution in [2.75, 3.05) is 26.2 Å². The minimum atomic E-state index is -4.86. The molecule has 2 aromatic carbocycles. The molecule has 0 saturated carbocycles. The predicted octanol–water partition coefficient (Wildman–Crippen LogP) is 5.58. The van der Waals surface area contributed by atoms with Crippen LogP contribution < -0.4 is 10.1 Å². The van der Waals surface area contributed by atoms with Crippen LogP contribution in [0, 0.1) is 5.82 Å². The summed E-state index contributed by atoms with van der Waals surface area (Å²) >= 11 is 0. The third-order valence-corrected chi connectivity index (χ3v) is 4.56. The summed E-state index contributed by atoms with van der Waals surface area (Å²) in [5.74, 6) is -1.82. The van der Waals surface area contributed by atoms with Gasteiger partial charge >= 0.3 is 12.5 Å². The van der Waals surface area contributed by atoms with Crippen LogP contribution in [0.2, 0.25) is 0 Å². The van der Waals surface area contributed by atoms with Gasteiger partial charge in [0.2, 0.25) is 0 Å². The second-order valence-corrected chi connectivity index (χ2v) is 6.54. The van der Waals surface area contributed by atoms with Gasteiger partial charge in [-0.2, -0.15) is 13.2 Å². The second kappa shape index (κ2) is 10.7. The van der Waals surface area contributed by atoms with Gasteiger partial charge in [-0.3, -0.25) is 4.90 Å². The Balaban J connectivity index is 0.00000240. The van der Waals surface area contributed by atoms with E-state index < -0.39 is 35.7 Å². The molecule has 1 heterocycles. The first-order valence-electron chi connectivity index (χ1n) is 8.72. The lowest BCUT2D eigenvalue weighted by molar-refractivity contribution is -0.274. The first-order chi connectivity index (χ1) is 13.5. The first kappa shape index (κ1) is 27.3. The van der Waals surface area contributed by atoms with Crippen molar-refractivity contribution in [2.45, 2.75) is 18.6 Å². The van der Waals surface area contributed by atoms with Gasteiger partial charge in [0.15, 0.2) is 0 Å². The van der Waals surface area contributed by atoms with Crippen LogP contribution in [0.4, 0.5) is 30.7 Å². The maximum atomic E-state index is 13.7. The van der Waals surface area contributed by atoms with E-state index in [-0.39, 0.29) is 30.4 Å². The van der Waals surface area contributed by atoms with E-state index in [1.54, 1.807) is 0 Å². The van der Waals surface area contributed by atoms with Crippen LogP contribution in [-0.2, 0) is 6.18 Å². The van der Waals surface area contributed by atoms with Crippen molar-refractivity contribution in [3.05, 3.63) is 65.0 Å². The topological polar surface area (TPSA) is 24.5 Å². The van der Waals surface area contributed by atoms with Crippen molar-refractivity contribution < 1.29 is 35.5 Å². The van der Waals surface area contributed by atoms with Crippen molar-refractivity contribution in [2.24, 2.45) is 0 Å². The summed E-state index contributed by atoms with van der Waals surface area (Å²) in [5.41, 5.74) is -0.710. The maximum Gasteiger partial charge on any atom is 0.573 e. The molecule has 174 valence electrons. The number of nitrogens with one attached hydrogen (secondary N) is 1. The molecule has 1 saturated heterocycles. The third-order valence-electron chi connectivity index (χ3n) is 4.56. The van der Waals surface area contributed by atoms with Gasteiger partial charge in [0.25, 0.3) is 0 Å². The van der Waals surface area contributed by atoms with Crippen molar-refractivity contribution in [3.63, 3.8) is 0 Å². The number of ether oxygens (including phenoxy) is 1. The lowest BCUT2D eigenvalue weighted by Crippen LogP contribution is -2.45. The summed E-state index contributed by atoms with van der Waals surface area (Å²) in [7, 11) is 0. The van der Waals surface area contributed by atoms with E-state index >= 15 is 0 Å². The lowest BCUT2D eigenvalue weighted by Gasteiger charge is -2.36. The molecule has 0 aromatic heterocycles. The molecule has 12 heteroatoms. The second-order valence-electron chi connectivity index (χ2n) is 6.54. The van der Waals surface area contributed by atoms with E-state index in [1.807, 2.05) is 4.90 Å². The summed E-state index contributed by atoms with van der Waals surface area (Å²) in [5, 5.41) is 3.13. The molecule has 0 aliphatic carbocycles. The number of hydrogen-bond acceptors (Lipinski definition) is 3. The summed E-state index contributed by atoms with van der Waals surface area (Å²) in [4.78, 5) is 1.89. The van der Waals surface area contributed by atoms with Gasteiger partial charge in [-0.25, -0.2) is 4.39 Å². The average molecular weight is 495 g/mol.